The summed E-state index contributed by atoms with van der Waals surface area (Å²) in [4.78, 5) is 2.35. The lowest BCUT2D eigenvalue weighted by Crippen LogP contribution is -2.26. The molecule has 80 valence electrons. The fraction of sp³-hybridized carbons (Fsp3) is 0.583. The number of hydrogen-bond donors (Lipinski definition) is 0. The van der Waals surface area contributed by atoms with Crippen molar-refractivity contribution in [2.75, 3.05) is 6.54 Å². The molecule has 0 saturated heterocycles. The number of hydrogen-bond acceptors (Lipinski definition) is 3. The van der Waals surface area contributed by atoms with Gasteiger partial charge in [-0.2, -0.15) is 5.26 Å². The van der Waals surface area contributed by atoms with E-state index in [-0.39, 0.29) is 0 Å². The highest BCUT2D eigenvalue weighted by molar-refractivity contribution is 5.06. The molecule has 1 heterocycles. The smallest absolute Gasteiger partial charge is 0.118 e. The molecule has 0 N–H and O–H groups in total. The van der Waals surface area contributed by atoms with E-state index in [2.05, 4.69) is 11.0 Å². The molecule has 1 aliphatic rings. The average Bonchev–Trinajstić information content (AvgIpc) is 2.98. The first-order valence-electron chi connectivity index (χ1n) is 5.46. The van der Waals surface area contributed by atoms with Gasteiger partial charge in [0, 0.05) is 19.0 Å². The summed E-state index contributed by atoms with van der Waals surface area (Å²) in [7, 11) is 0. The van der Waals surface area contributed by atoms with Gasteiger partial charge in [0.05, 0.1) is 12.6 Å². The highest BCUT2D eigenvalue weighted by atomic mass is 16.3. The molecule has 0 unspecified atom stereocenters. The number of nitrogens with zero attached hydrogens (tertiary/aromatic N) is 2. The minimum absolute atomic E-state index is 0.607. The van der Waals surface area contributed by atoms with Gasteiger partial charge in [0.1, 0.15) is 11.5 Å². The molecular formula is C12H16N2O. The zero-order valence-corrected chi connectivity index (χ0v) is 9.07. The zero-order chi connectivity index (χ0) is 10.7. The first-order valence-corrected chi connectivity index (χ1v) is 5.46. The molecule has 3 heteroatoms. The fourth-order valence-electron chi connectivity index (χ4n) is 1.79. The van der Waals surface area contributed by atoms with Crippen molar-refractivity contribution in [1.82, 2.24) is 4.90 Å². The number of nitriles is 1. The summed E-state index contributed by atoms with van der Waals surface area (Å²) in [6.45, 7) is 3.67. The molecule has 1 aromatic rings. The van der Waals surface area contributed by atoms with Crippen LogP contribution in [0.3, 0.4) is 0 Å². The first-order chi connectivity index (χ1) is 7.29. The summed E-state index contributed by atoms with van der Waals surface area (Å²) in [5.74, 6) is 1.97. The highest BCUT2D eigenvalue weighted by Crippen LogP contribution is 2.28. The van der Waals surface area contributed by atoms with Gasteiger partial charge in [-0.3, -0.25) is 4.90 Å². The lowest BCUT2D eigenvalue weighted by Gasteiger charge is -2.18. The molecule has 15 heavy (non-hydrogen) atoms. The average molecular weight is 204 g/mol. The Morgan fingerprint density at radius 2 is 2.33 bits per heavy atom. The van der Waals surface area contributed by atoms with Crippen LogP contribution < -0.4 is 0 Å². The van der Waals surface area contributed by atoms with E-state index in [9.17, 15) is 0 Å². The zero-order valence-electron chi connectivity index (χ0n) is 9.07. The summed E-state index contributed by atoms with van der Waals surface area (Å²) >= 11 is 0. The summed E-state index contributed by atoms with van der Waals surface area (Å²) < 4.78 is 5.55. The van der Waals surface area contributed by atoms with Crippen molar-refractivity contribution in [3.05, 3.63) is 23.7 Å². The van der Waals surface area contributed by atoms with Crippen molar-refractivity contribution in [1.29, 1.82) is 5.26 Å². The van der Waals surface area contributed by atoms with E-state index >= 15 is 0 Å². The van der Waals surface area contributed by atoms with Crippen LogP contribution in [-0.4, -0.2) is 17.5 Å². The van der Waals surface area contributed by atoms with E-state index < -0.39 is 0 Å². The maximum Gasteiger partial charge on any atom is 0.118 e. The predicted octanol–water partition coefficient (Wildman–Crippen LogP) is 2.47. The summed E-state index contributed by atoms with van der Waals surface area (Å²) in [6.07, 6.45) is 3.15. The summed E-state index contributed by atoms with van der Waals surface area (Å²) in [5, 5.41) is 8.59. The van der Waals surface area contributed by atoms with Crippen LogP contribution in [0.5, 0.6) is 0 Å². The van der Waals surface area contributed by atoms with Crippen LogP contribution in [-0.2, 0) is 6.54 Å². The SMILES string of the molecule is Cc1ccc(CN(CCC#N)C2CC2)o1. The van der Waals surface area contributed by atoms with Gasteiger partial charge in [-0.25, -0.2) is 0 Å². The molecule has 0 aromatic carbocycles. The van der Waals surface area contributed by atoms with Crippen LogP contribution in [0.2, 0.25) is 0 Å². The van der Waals surface area contributed by atoms with Crippen molar-refractivity contribution in [3.8, 4) is 6.07 Å². The van der Waals surface area contributed by atoms with Crippen molar-refractivity contribution in [2.45, 2.75) is 38.8 Å². The summed E-state index contributed by atoms with van der Waals surface area (Å²) in [6, 6.07) is 6.90. The molecular weight excluding hydrogens is 188 g/mol. The fourth-order valence-corrected chi connectivity index (χ4v) is 1.79. The molecule has 0 aliphatic heterocycles. The van der Waals surface area contributed by atoms with E-state index in [4.69, 9.17) is 9.68 Å². The largest absolute Gasteiger partial charge is 0.465 e. The van der Waals surface area contributed by atoms with Gasteiger partial charge in [-0.05, 0) is 31.9 Å². The molecule has 0 radical (unpaired) electrons. The van der Waals surface area contributed by atoms with E-state index in [1.165, 1.54) is 12.8 Å². The normalized spacial score (nSPS) is 15.5. The van der Waals surface area contributed by atoms with Crippen molar-refractivity contribution in [3.63, 3.8) is 0 Å². The van der Waals surface area contributed by atoms with Crippen molar-refractivity contribution >= 4 is 0 Å². The molecule has 1 fully saturated rings. The molecule has 0 amide bonds. The number of rotatable bonds is 5. The maximum absolute atomic E-state index is 8.59. The minimum Gasteiger partial charge on any atom is -0.465 e. The van der Waals surface area contributed by atoms with Gasteiger partial charge < -0.3 is 4.42 Å². The van der Waals surface area contributed by atoms with Crippen LogP contribution in [0.4, 0.5) is 0 Å². The third-order valence-electron chi connectivity index (χ3n) is 2.73. The summed E-state index contributed by atoms with van der Waals surface area (Å²) in [5.41, 5.74) is 0. The Bertz CT molecular complexity index is 360. The number of aryl methyl sites for hydroxylation is 1. The monoisotopic (exact) mass is 204 g/mol. The highest BCUT2D eigenvalue weighted by Gasteiger charge is 2.29. The lowest BCUT2D eigenvalue weighted by molar-refractivity contribution is 0.237. The predicted molar refractivity (Wildman–Crippen MR) is 57.1 cm³/mol. The Labute approximate surface area is 90.3 Å². The Kier molecular flexibility index (Phi) is 3.08. The van der Waals surface area contributed by atoms with Crippen LogP contribution in [0.25, 0.3) is 0 Å². The van der Waals surface area contributed by atoms with Gasteiger partial charge in [-0.1, -0.05) is 0 Å². The quantitative estimate of drug-likeness (QED) is 0.739. The third-order valence-corrected chi connectivity index (χ3v) is 2.73. The molecule has 1 saturated carbocycles. The third kappa shape index (κ3) is 2.84. The molecule has 1 aliphatic carbocycles. The van der Waals surface area contributed by atoms with E-state index in [0.717, 1.165) is 24.6 Å². The van der Waals surface area contributed by atoms with Crippen LogP contribution in [0.1, 0.15) is 30.8 Å². The molecule has 3 nitrogen and oxygen atoms in total. The van der Waals surface area contributed by atoms with E-state index in [1.54, 1.807) is 0 Å². The van der Waals surface area contributed by atoms with Crippen LogP contribution >= 0.6 is 0 Å². The Morgan fingerprint density at radius 3 is 2.87 bits per heavy atom. The molecule has 0 atom stereocenters. The van der Waals surface area contributed by atoms with Gasteiger partial charge in [0.15, 0.2) is 0 Å². The number of furan rings is 1. The van der Waals surface area contributed by atoms with Crippen molar-refractivity contribution < 1.29 is 4.42 Å². The molecule has 0 spiro atoms. The maximum atomic E-state index is 8.59. The minimum atomic E-state index is 0.607. The first kappa shape index (κ1) is 10.3. The Morgan fingerprint density at radius 1 is 1.53 bits per heavy atom. The second-order valence-corrected chi connectivity index (χ2v) is 4.12. The van der Waals surface area contributed by atoms with Crippen molar-refractivity contribution in [2.24, 2.45) is 0 Å². The molecule has 2 rings (SSSR count). The Balaban J connectivity index is 1.91. The van der Waals surface area contributed by atoms with Gasteiger partial charge >= 0.3 is 0 Å². The topological polar surface area (TPSA) is 40.2 Å². The lowest BCUT2D eigenvalue weighted by atomic mass is 10.3. The standard InChI is InChI=1S/C12H16N2O/c1-10-3-6-12(15-10)9-14(8-2-7-13)11-4-5-11/h3,6,11H,2,4-5,8-9H2,1H3. The molecule has 1 aromatic heterocycles. The van der Waals surface area contributed by atoms with Crippen LogP contribution in [0, 0.1) is 18.3 Å². The van der Waals surface area contributed by atoms with E-state index in [1.807, 2.05) is 19.1 Å². The van der Waals surface area contributed by atoms with E-state index in [0.29, 0.717) is 12.5 Å². The molecule has 0 bridgehead atoms. The van der Waals surface area contributed by atoms with Crippen LogP contribution in [0.15, 0.2) is 16.5 Å². The second-order valence-electron chi connectivity index (χ2n) is 4.12. The van der Waals surface area contributed by atoms with Gasteiger partial charge in [0.2, 0.25) is 0 Å². The second kappa shape index (κ2) is 4.50. The van der Waals surface area contributed by atoms with Gasteiger partial charge in [0.25, 0.3) is 0 Å². The van der Waals surface area contributed by atoms with Gasteiger partial charge in [-0.15, -0.1) is 0 Å². The Hall–Kier alpha value is -1.27.